The van der Waals surface area contributed by atoms with Crippen LogP contribution < -0.4 is 10.7 Å². The summed E-state index contributed by atoms with van der Waals surface area (Å²) in [7, 11) is 0. The van der Waals surface area contributed by atoms with Gasteiger partial charge in [-0.1, -0.05) is 26.0 Å². The minimum absolute atomic E-state index is 0.0147. The lowest BCUT2D eigenvalue weighted by atomic mass is 9.92. The lowest BCUT2D eigenvalue weighted by Crippen LogP contribution is -2.38. The molecule has 4 rings (SSSR count). The second-order valence-corrected chi connectivity index (χ2v) is 8.57. The van der Waals surface area contributed by atoms with E-state index in [1.54, 1.807) is 24.3 Å². The van der Waals surface area contributed by atoms with Gasteiger partial charge in [-0.2, -0.15) is 0 Å². The topological polar surface area (TPSA) is 75.4 Å². The van der Waals surface area contributed by atoms with Crippen molar-refractivity contribution in [2.45, 2.75) is 26.8 Å². The molecule has 3 heterocycles. The number of nitrogens with one attached hydrogen (secondary N) is 1. The lowest BCUT2D eigenvalue weighted by molar-refractivity contribution is 0.0997. The number of carbonyl (C=O) groups is 1. The smallest absolute Gasteiger partial charge is 0.293 e. The van der Waals surface area contributed by atoms with E-state index in [9.17, 15) is 9.59 Å². The summed E-state index contributed by atoms with van der Waals surface area (Å²) in [6.45, 7) is 7.50. The first-order valence-corrected chi connectivity index (χ1v) is 10.4. The van der Waals surface area contributed by atoms with Gasteiger partial charge in [-0.25, -0.2) is 4.98 Å². The number of aromatic nitrogens is 1. The number of piperidine rings is 1. The third kappa shape index (κ3) is 4.15. The Hall–Kier alpha value is -2.51. The van der Waals surface area contributed by atoms with Gasteiger partial charge in [0, 0.05) is 31.1 Å². The number of anilines is 1. The fraction of sp³-hybridized carbons (Fsp3) is 0.381. The number of likely N-dealkylation sites (tertiary alicyclic amines) is 1. The molecule has 3 aromatic rings. The Bertz CT molecular complexity index is 1050. The van der Waals surface area contributed by atoms with Crippen molar-refractivity contribution in [3.63, 3.8) is 0 Å². The van der Waals surface area contributed by atoms with E-state index in [-0.39, 0.29) is 11.2 Å². The second kappa shape index (κ2) is 7.85. The summed E-state index contributed by atoms with van der Waals surface area (Å²) in [6, 6.07) is 8.11. The van der Waals surface area contributed by atoms with E-state index in [0.29, 0.717) is 27.9 Å². The second-order valence-electron chi connectivity index (χ2n) is 7.71. The number of benzene rings is 1. The first-order chi connectivity index (χ1) is 13.5. The predicted molar refractivity (Wildman–Crippen MR) is 111 cm³/mol. The van der Waals surface area contributed by atoms with Gasteiger partial charge in [0.05, 0.1) is 11.1 Å². The normalized spacial score (nSPS) is 20.4. The van der Waals surface area contributed by atoms with Crippen LogP contribution in [-0.4, -0.2) is 28.9 Å². The van der Waals surface area contributed by atoms with Crippen molar-refractivity contribution >= 4 is 33.3 Å². The minimum Gasteiger partial charge on any atom is -0.451 e. The van der Waals surface area contributed by atoms with E-state index in [2.05, 4.69) is 29.0 Å². The van der Waals surface area contributed by atoms with Gasteiger partial charge in [0.2, 0.25) is 0 Å². The number of hydrogen-bond acceptors (Lipinski definition) is 6. The van der Waals surface area contributed by atoms with Gasteiger partial charge in [-0.05, 0) is 30.4 Å². The molecule has 146 valence electrons. The summed E-state index contributed by atoms with van der Waals surface area (Å²) in [6.07, 6.45) is 1.27. The van der Waals surface area contributed by atoms with Crippen molar-refractivity contribution in [2.75, 3.05) is 18.4 Å². The van der Waals surface area contributed by atoms with E-state index >= 15 is 0 Å². The molecule has 1 saturated heterocycles. The molecule has 0 unspecified atom stereocenters. The van der Waals surface area contributed by atoms with Crippen LogP contribution in [0.15, 0.2) is 44.9 Å². The Kier molecular flexibility index (Phi) is 5.28. The minimum atomic E-state index is -0.469. The van der Waals surface area contributed by atoms with Gasteiger partial charge in [0.15, 0.2) is 16.3 Å². The summed E-state index contributed by atoms with van der Waals surface area (Å²) < 4.78 is 5.59. The van der Waals surface area contributed by atoms with Gasteiger partial charge < -0.3 is 4.42 Å². The van der Waals surface area contributed by atoms with Crippen LogP contribution in [0, 0.1) is 11.8 Å². The molecule has 1 aliphatic rings. The van der Waals surface area contributed by atoms with Crippen molar-refractivity contribution < 1.29 is 9.21 Å². The molecule has 1 fully saturated rings. The maximum absolute atomic E-state index is 12.5. The van der Waals surface area contributed by atoms with Gasteiger partial charge in [0.1, 0.15) is 5.58 Å². The molecular formula is C21H23N3O3S. The highest BCUT2D eigenvalue weighted by Crippen LogP contribution is 2.24. The maximum Gasteiger partial charge on any atom is 0.293 e. The zero-order valence-electron chi connectivity index (χ0n) is 16.0. The van der Waals surface area contributed by atoms with Crippen molar-refractivity contribution in [1.82, 2.24) is 9.88 Å². The van der Waals surface area contributed by atoms with Crippen LogP contribution in [0.1, 0.15) is 36.5 Å². The van der Waals surface area contributed by atoms with Gasteiger partial charge in [0.25, 0.3) is 5.91 Å². The van der Waals surface area contributed by atoms with Crippen LogP contribution in [0.3, 0.4) is 0 Å². The number of fused-ring (bicyclic) bond motifs is 1. The van der Waals surface area contributed by atoms with Crippen LogP contribution >= 0.6 is 11.3 Å². The molecule has 0 spiro atoms. The number of thiazole rings is 1. The van der Waals surface area contributed by atoms with Gasteiger partial charge in [-0.3, -0.25) is 19.8 Å². The van der Waals surface area contributed by atoms with Crippen LogP contribution in [0.4, 0.5) is 5.13 Å². The van der Waals surface area contributed by atoms with Crippen molar-refractivity contribution in [1.29, 1.82) is 0 Å². The lowest BCUT2D eigenvalue weighted by Gasteiger charge is -2.34. The van der Waals surface area contributed by atoms with Crippen LogP contribution in [-0.2, 0) is 6.54 Å². The molecule has 28 heavy (non-hydrogen) atoms. The average Bonchev–Trinajstić information content (AvgIpc) is 3.07. The first-order valence-electron chi connectivity index (χ1n) is 9.49. The fourth-order valence-electron chi connectivity index (χ4n) is 3.96. The van der Waals surface area contributed by atoms with Crippen molar-refractivity contribution in [3.8, 4) is 0 Å². The summed E-state index contributed by atoms with van der Waals surface area (Å²) in [5, 5.41) is 5.68. The average molecular weight is 398 g/mol. The molecule has 0 saturated carbocycles. The highest BCUT2D eigenvalue weighted by molar-refractivity contribution is 7.13. The summed E-state index contributed by atoms with van der Waals surface area (Å²) in [5.41, 5.74) is 1.11. The zero-order chi connectivity index (χ0) is 19.7. The highest BCUT2D eigenvalue weighted by Gasteiger charge is 2.22. The van der Waals surface area contributed by atoms with E-state index in [1.165, 1.54) is 23.8 Å². The molecule has 1 aliphatic heterocycles. The monoisotopic (exact) mass is 397 g/mol. The number of hydrogen-bond donors (Lipinski definition) is 1. The molecule has 0 bridgehead atoms. The number of para-hydroxylation sites is 1. The Morgan fingerprint density at radius 3 is 2.82 bits per heavy atom. The predicted octanol–water partition coefficient (Wildman–Crippen LogP) is 3.98. The highest BCUT2D eigenvalue weighted by atomic mass is 32.1. The van der Waals surface area contributed by atoms with Crippen LogP contribution in [0.2, 0.25) is 0 Å². The number of rotatable bonds is 4. The third-order valence-corrected chi connectivity index (χ3v) is 5.77. The fourth-order valence-corrected chi connectivity index (χ4v) is 4.66. The standard InChI is InChI=1S/C21H23N3O3S/c1-13-7-14(2)10-24(9-13)11-15-12-28-21(22-15)23-20(26)19-8-17(25)16-5-3-4-6-18(16)27-19/h3-6,8,12-14H,7,9-11H2,1-2H3,(H,22,23,26)/t13-,14+. The Labute approximate surface area is 167 Å². The quantitative estimate of drug-likeness (QED) is 0.721. The molecular weight excluding hydrogens is 374 g/mol. The maximum atomic E-state index is 12.5. The zero-order valence-corrected chi connectivity index (χ0v) is 16.8. The van der Waals surface area contributed by atoms with E-state index in [0.717, 1.165) is 25.3 Å². The Morgan fingerprint density at radius 1 is 1.29 bits per heavy atom. The van der Waals surface area contributed by atoms with Crippen LogP contribution in [0.5, 0.6) is 0 Å². The van der Waals surface area contributed by atoms with Crippen LogP contribution in [0.25, 0.3) is 11.0 Å². The number of carbonyl (C=O) groups excluding carboxylic acids is 1. The summed E-state index contributed by atoms with van der Waals surface area (Å²) in [5.74, 6) is 0.901. The van der Waals surface area contributed by atoms with E-state index in [4.69, 9.17) is 4.42 Å². The molecule has 7 heteroatoms. The summed E-state index contributed by atoms with van der Waals surface area (Å²) >= 11 is 1.38. The Morgan fingerprint density at radius 2 is 2.04 bits per heavy atom. The number of amides is 1. The van der Waals surface area contributed by atoms with E-state index < -0.39 is 5.91 Å². The molecule has 0 radical (unpaired) electrons. The van der Waals surface area contributed by atoms with Gasteiger partial charge in [-0.15, -0.1) is 11.3 Å². The molecule has 2 atom stereocenters. The Balaban J connectivity index is 1.45. The largest absolute Gasteiger partial charge is 0.451 e. The summed E-state index contributed by atoms with van der Waals surface area (Å²) in [4.78, 5) is 31.6. The molecule has 1 amide bonds. The number of nitrogens with zero attached hydrogens (tertiary/aromatic N) is 2. The molecule has 0 aliphatic carbocycles. The van der Waals surface area contributed by atoms with E-state index in [1.807, 2.05) is 5.38 Å². The van der Waals surface area contributed by atoms with Gasteiger partial charge >= 0.3 is 0 Å². The molecule has 2 aromatic heterocycles. The van der Waals surface area contributed by atoms with Crippen molar-refractivity contribution in [2.24, 2.45) is 11.8 Å². The first kappa shape index (κ1) is 18.8. The molecule has 1 N–H and O–H groups in total. The molecule has 1 aromatic carbocycles. The molecule has 6 nitrogen and oxygen atoms in total. The van der Waals surface area contributed by atoms with Crippen molar-refractivity contribution in [3.05, 3.63) is 57.4 Å². The SMILES string of the molecule is C[C@@H]1C[C@H](C)CN(Cc2csc(NC(=O)c3cc(=O)c4ccccc4o3)n2)C1. The third-order valence-electron chi connectivity index (χ3n) is 4.96.